The fourth-order valence-electron chi connectivity index (χ4n) is 1.39. The van der Waals surface area contributed by atoms with Gasteiger partial charge in [-0.1, -0.05) is 0 Å². The quantitative estimate of drug-likeness (QED) is 0.654. The third-order valence-electron chi connectivity index (χ3n) is 2.18. The van der Waals surface area contributed by atoms with Crippen LogP contribution in [0.25, 0.3) is 0 Å². The minimum absolute atomic E-state index is 0.268. The minimum atomic E-state index is 0.268. The Morgan fingerprint density at radius 1 is 1.47 bits per heavy atom. The molecule has 0 saturated carbocycles. The van der Waals surface area contributed by atoms with Crippen LogP contribution in [0.4, 0.5) is 0 Å². The van der Waals surface area contributed by atoms with Crippen molar-refractivity contribution < 1.29 is 5.11 Å². The highest BCUT2D eigenvalue weighted by atomic mass is 16.2. The molecule has 0 aliphatic carbocycles. The van der Waals surface area contributed by atoms with Crippen LogP contribution < -0.4 is 5.32 Å². The van der Waals surface area contributed by atoms with Crippen LogP contribution >= 0.6 is 0 Å². The lowest BCUT2D eigenvalue weighted by atomic mass is 10.3. The lowest BCUT2D eigenvalue weighted by Crippen LogP contribution is -2.19. The Balaban J connectivity index is 2.28. The van der Waals surface area contributed by atoms with Gasteiger partial charge in [-0.05, 0) is 33.2 Å². The summed E-state index contributed by atoms with van der Waals surface area (Å²) in [6, 6.07) is 0.349. The maximum Gasteiger partial charge on any atom is 0.141 e. The largest absolute Gasteiger partial charge is 0.396 e. The van der Waals surface area contributed by atoms with Gasteiger partial charge < -0.3 is 10.4 Å². The van der Waals surface area contributed by atoms with Gasteiger partial charge in [0, 0.05) is 12.6 Å². The Hall–Kier alpha value is -0.940. The second-order valence-electron chi connectivity index (χ2n) is 3.82. The molecule has 1 aromatic heterocycles. The predicted octanol–water partition coefficient (Wildman–Crippen LogP) is 0.721. The van der Waals surface area contributed by atoms with Crippen molar-refractivity contribution in [3.8, 4) is 0 Å². The molecule has 15 heavy (non-hydrogen) atoms. The summed E-state index contributed by atoms with van der Waals surface area (Å²) in [6.07, 6.45) is 3.43. The number of rotatable bonds is 7. The summed E-state index contributed by atoms with van der Waals surface area (Å²) in [7, 11) is 0. The standard InChI is InChI=1S/C10H20N4O/c1-9(2)14-10(12-8-13-14)7-11-5-3-4-6-15/h8-9,11,15H,3-7H2,1-2H3. The highest BCUT2D eigenvalue weighted by molar-refractivity contribution is 4.85. The minimum Gasteiger partial charge on any atom is -0.396 e. The van der Waals surface area contributed by atoms with Crippen LogP contribution in [0.5, 0.6) is 0 Å². The maximum atomic E-state index is 8.61. The first-order valence-electron chi connectivity index (χ1n) is 5.45. The maximum absolute atomic E-state index is 8.61. The zero-order valence-electron chi connectivity index (χ0n) is 9.48. The number of unbranched alkanes of at least 4 members (excludes halogenated alkanes) is 1. The van der Waals surface area contributed by atoms with E-state index in [1.54, 1.807) is 6.33 Å². The monoisotopic (exact) mass is 212 g/mol. The lowest BCUT2D eigenvalue weighted by Gasteiger charge is -2.09. The third-order valence-corrected chi connectivity index (χ3v) is 2.18. The van der Waals surface area contributed by atoms with Gasteiger partial charge in [0.25, 0.3) is 0 Å². The highest BCUT2D eigenvalue weighted by Gasteiger charge is 2.05. The number of aliphatic hydroxyl groups is 1. The molecule has 0 bridgehead atoms. The summed E-state index contributed by atoms with van der Waals surface area (Å²) in [5, 5.41) is 16.1. The van der Waals surface area contributed by atoms with Gasteiger partial charge in [-0.25, -0.2) is 9.67 Å². The molecule has 5 heteroatoms. The van der Waals surface area contributed by atoms with Crippen molar-refractivity contribution in [2.75, 3.05) is 13.2 Å². The van der Waals surface area contributed by atoms with E-state index in [9.17, 15) is 0 Å². The van der Waals surface area contributed by atoms with Gasteiger partial charge in [0.2, 0.25) is 0 Å². The normalized spacial score (nSPS) is 11.2. The zero-order chi connectivity index (χ0) is 11.1. The fourth-order valence-corrected chi connectivity index (χ4v) is 1.39. The van der Waals surface area contributed by atoms with E-state index < -0.39 is 0 Å². The second kappa shape index (κ2) is 6.53. The average Bonchev–Trinajstić information content (AvgIpc) is 2.66. The molecular formula is C10H20N4O. The van der Waals surface area contributed by atoms with Crippen molar-refractivity contribution in [2.45, 2.75) is 39.3 Å². The first kappa shape index (κ1) is 12.1. The Morgan fingerprint density at radius 3 is 2.93 bits per heavy atom. The van der Waals surface area contributed by atoms with E-state index in [4.69, 9.17) is 5.11 Å². The molecular weight excluding hydrogens is 192 g/mol. The van der Waals surface area contributed by atoms with E-state index in [1.165, 1.54) is 0 Å². The van der Waals surface area contributed by atoms with E-state index in [0.717, 1.165) is 31.8 Å². The molecule has 0 spiro atoms. The molecule has 0 aromatic carbocycles. The van der Waals surface area contributed by atoms with E-state index in [0.29, 0.717) is 6.04 Å². The van der Waals surface area contributed by atoms with Crippen LogP contribution in [0.2, 0.25) is 0 Å². The van der Waals surface area contributed by atoms with Crippen molar-refractivity contribution in [1.82, 2.24) is 20.1 Å². The van der Waals surface area contributed by atoms with E-state index in [-0.39, 0.29) is 6.61 Å². The molecule has 0 radical (unpaired) electrons. The number of nitrogens with zero attached hydrogens (tertiary/aromatic N) is 3. The van der Waals surface area contributed by atoms with Gasteiger partial charge in [0.15, 0.2) is 0 Å². The lowest BCUT2D eigenvalue weighted by molar-refractivity contribution is 0.283. The van der Waals surface area contributed by atoms with Gasteiger partial charge in [-0.15, -0.1) is 0 Å². The summed E-state index contributed by atoms with van der Waals surface area (Å²) < 4.78 is 1.92. The second-order valence-corrected chi connectivity index (χ2v) is 3.82. The number of hydrogen-bond donors (Lipinski definition) is 2. The number of hydrogen-bond acceptors (Lipinski definition) is 4. The Labute approximate surface area is 90.5 Å². The highest BCUT2D eigenvalue weighted by Crippen LogP contribution is 2.04. The average molecular weight is 212 g/mol. The number of nitrogens with one attached hydrogen (secondary N) is 1. The van der Waals surface area contributed by atoms with Gasteiger partial charge >= 0.3 is 0 Å². The third kappa shape index (κ3) is 3.97. The molecule has 0 amide bonds. The fraction of sp³-hybridized carbons (Fsp3) is 0.800. The summed E-state index contributed by atoms with van der Waals surface area (Å²) in [5.41, 5.74) is 0. The van der Waals surface area contributed by atoms with Gasteiger partial charge in [0.1, 0.15) is 12.2 Å². The topological polar surface area (TPSA) is 63.0 Å². The number of aromatic nitrogens is 3. The van der Waals surface area contributed by atoms with Crippen LogP contribution in [0, 0.1) is 0 Å². The summed E-state index contributed by atoms with van der Waals surface area (Å²) in [4.78, 5) is 4.20. The van der Waals surface area contributed by atoms with Crippen LogP contribution in [-0.4, -0.2) is 33.0 Å². The Bertz CT molecular complexity index is 272. The smallest absolute Gasteiger partial charge is 0.141 e. The molecule has 0 aliphatic rings. The van der Waals surface area contributed by atoms with Crippen LogP contribution in [0.15, 0.2) is 6.33 Å². The Kier molecular flexibility index (Phi) is 5.28. The molecule has 5 nitrogen and oxygen atoms in total. The SMILES string of the molecule is CC(C)n1ncnc1CNCCCCO. The molecule has 1 heterocycles. The summed E-state index contributed by atoms with van der Waals surface area (Å²) in [5.74, 6) is 0.967. The molecule has 0 unspecified atom stereocenters. The molecule has 0 fully saturated rings. The van der Waals surface area contributed by atoms with E-state index in [1.807, 2.05) is 4.68 Å². The summed E-state index contributed by atoms with van der Waals surface area (Å²) >= 11 is 0. The van der Waals surface area contributed by atoms with Crippen molar-refractivity contribution in [3.05, 3.63) is 12.2 Å². The molecule has 0 atom stereocenters. The van der Waals surface area contributed by atoms with E-state index in [2.05, 4.69) is 29.2 Å². The number of aliphatic hydroxyl groups excluding tert-OH is 1. The van der Waals surface area contributed by atoms with Crippen molar-refractivity contribution in [2.24, 2.45) is 0 Å². The van der Waals surface area contributed by atoms with Gasteiger partial charge in [-0.2, -0.15) is 5.10 Å². The molecule has 0 saturated heterocycles. The predicted molar refractivity (Wildman–Crippen MR) is 58.4 cm³/mol. The zero-order valence-corrected chi connectivity index (χ0v) is 9.48. The molecule has 0 aliphatic heterocycles. The van der Waals surface area contributed by atoms with Crippen LogP contribution in [0.3, 0.4) is 0 Å². The Morgan fingerprint density at radius 2 is 2.27 bits per heavy atom. The van der Waals surface area contributed by atoms with Crippen molar-refractivity contribution >= 4 is 0 Å². The van der Waals surface area contributed by atoms with Gasteiger partial charge in [-0.3, -0.25) is 0 Å². The molecule has 1 aromatic rings. The van der Waals surface area contributed by atoms with Crippen LogP contribution in [0.1, 0.15) is 38.6 Å². The molecule has 86 valence electrons. The van der Waals surface area contributed by atoms with Crippen LogP contribution in [-0.2, 0) is 6.54 Å². The first-order valence-corrected chi connectivity index (χ1v) is 5.45. The van der Waals surface area contributed by atoms with Gasteiger partial charge in [0.05, 0.1) is 6.54 Å². The summed E-state index contributed by atoms with van der Waals surface area (Å²) in [6.45, 7) is 6.09. The van der Waals surface area contributed by atoms with E-state index >= 15 is 0 Å². The molecule has 2 N–H and O–H groups in total. The first-order chi connectivity index (χ1) is 7.25. The molecule has 1 rings (SSSR count). The van der Waals surface area contributed by atoms with Crippen molar-refractivity contribution in [1.29, 1.82) is 0 Å². The van der Waals surface area contributed by atoms with Crippen molar-refractivity contribution in [3.63, 3.8) is 0 Å².